The summed E-state index contributed by atoms with van der Waals surface area (Å²) in [7, 11) is -6.99. The first kappa shape index (κ1) is 60.5. The van der Waals surface area contributed by atoms with Gasteiger partial charge < -0.3 is 38.8 Å². The standard InChI is InChI=1S/C37H53N5O2Si2.C31H48ClN5O2Si2.C6H7BO2/c1-45(2,3)18-16-43-26-41(27-44-17-19-46(4,5)6)36-23-35(32-21-28-12-13-29(20-28)22-32)40-37-33(25-39-42(36)37)31-14-15-34(38-24-31)30-10-8-7-9-11-30;1-40(2,3)13-11-38-21-36(22-39-12-14-41(4,5)6)30-18-28(26-16-23-7-8-24(15-23)17-26)35-31-27(20-34-37(30)31)25-9-10-29(32)33-19-25;8-7(9)6-4-2-1-3-5-6/h7-11,14-15,23-25,28-29,32H,12-13,16-22,26-27H2,1-6H3;9-10,18-20,23-24,26H,7-8,11-17,21-22H2,1-6H3;1-5,8-9H/i7D,8D,9D,10D,11D;;1D,2D,3D,4D,5D. The van der Waals surface area contributed by atoms with E-state index in [1.807, 2.05) is 45.8 Å². The van der Waals surface area contributed by atoms with E-state index >= 15 is 0 Å². The number of rotatable bonds is 28. The zero-order valence-electron chi connectivity index (χ0n) is 68.7. The van der Waals surface area contributed by atoms with Crippen LogP contribution in [0.4, 0.5) is 11.6 Å². The molecule has 6 heterocycles. The lowest BCUT2D eigenvalue weighted by atomic mass is 9.79. The molecule has 0 amide bonds. The summed E-state index contributed by atoms with van der Waals surface area (Å²) in [5, 5.41) is 27.8. The number of hydrogen-bond donors (Lipinski definition) is 2. The summed E-state index contributed by atoms with van der Waals surface area (Å²) in [6.45, 7) is 33.1. The first-order chi connectivity index (χ1) is 49.9. The third-order valence-electron chi connectivity index (χ3n) is 18.8. The lowest BCUT2D eigenvalue weighted by molar-refractivity contribution is 0.0940. The van der Waals surface area contributed by atoms with E-state index in [0.29, 0.717) is 62.8 Å². The monoisotopic (exact) mass is 1400 g/mol. The van der Waals surface area contributed by atoms with Crippen LogP contribution in [-0.4, -0.2) is 142 Å². The van der Waals surface area contributed by atoms with Gasteiger partial charge in [-0.15, -0.1) is 0 Å². The lowest BCUT2D eigenvalue weighted by Crippen LogP contribution is -2.33. The Morgan fingerprint density at radius 3 is 1.21 bits per heavy atom. The van der Waals surface area contributed by atoms with Gasteiger partial charge in [0, 0.05) is 134 Å². The Hall–Kier alpha value is -5.44. The summed E-state index contributed by atoms with van der Waals surface area (Å²) >= 11 is 6.12. The molecule has 12 rings (SSSR count). The largest absolute Gasteiger partial charge is 0.488 e. The van der Waals surface area contributed by atoms with Crippen molar-refractivity contribution in [2.45, 2.75) is 179 Å². The molecule has 516 valence electrons. The summed E-state index contributed by atoms with van der Waals surface area (Å²) in [4.78, 5) is 23.9. The first-order valence-electron chi connectivity index (χ1n) is 39.6. The highest BCUT2D eigenvalue weighted by Gasteiger charge is 2.38. The van der Waals surface area contributed by atoms with Crippen LogP contribution in [0.25, 0.3) is 44.8 Å². The normalized spacial score (nSPS) is 20.9. The van der Waals surface area contributed by atoms with E-state index in [9.17, 15) is 0 Å². The number of nitrogens with zero attached hydrogens (tertiary/aromatic N) is 10. The SMILES string of the molecule is C[Si](C)(C)CCOCN(COCC[Si](C)(C)C)c1cc(C2CC3CCC(C3)C2)nc2c(-c3ccc(Cl)nc3)cnn12.[2H]c1c([2H])c([2H])c(-c2ccc(-c3cnn4c(N(COCC[Si](C)(C)C)COCC[Si](C)(C)C)cc(C5CC6CCC(C6)C5)nc34)cn2)c([2H])c1[2H].[2H]c1c([2H])c([2H])c(B(O)O)c([2H])c1[2H]. The van der Waals surface area contributed by atoms with Gasteiger partial charge in [-0.25, -0.2) is 15.0 Å². The lowest BCUT2D eigenvalue weighted by Gasteiger charge is -2.30. The Bertz CT molecular complexity index is 4220. The van der Waals surface area contributed by atoms with E-state index in [4.69, 9.17) is 74.5 Å². The zero-order valence-corrected chi connectivity index (χ0v) is 63.5. The minimum absolute atomic E-state index is 0.0842. The van der Waals surface area contributed by atoms with Crippen LogP contribution in [0.2, 0.25) is 108 Å². The minimum atomic E-state index is -2.07. The number of halogens is 1. The number of aromatic nitrogens is 8. The minimum Gasteiger partial charge on any atom is -0.423 e. The average molecular weight is 1400 g/mol. The molecule has 4 atom stereocenters. The fraction of sp³-hybridized carbons (Fsp3) is 0.541. The van der Waals surface area contributed by atoms with E-state index in [1.165, 1.54) is 57.1 Å². The maximum absolute atomic E-state index is 8.81. The average Bonchev–Trinajstić information content (AvgIpc) is 1.55. The van der Waals surface area contributed by atoms with Crippen LogP contribution in [0.5, 0.6) is 0 Å². The van der Waals surface area contributed by atoms with Gasteiger partial charge in [-0.2, -0.15) is 19.2 Å². The quantitative estimate of drug-likeness (QED) is 0.0205. The van der Waals surface area contributed by atoms with Gasteiger partial charge in [-0.1, -0.05) is 182 Å². The van der Waals surface area contributed by atoms with Crippen LogP contribution < -0.4 is 15.3 Å². The van der Waals surface area contributed by atoms with Crippen molar-refractivity contribution in [3.05, 3.63) is 138 Å². The molecule has 0 spiro atoms. The molecule has 22 heteroatoms. The van der Waals surface area contributed by atoms with Crippen LogP contribution in [0.15, 0.2) is 122 Å². The Kier molecular flexibility index (Phi) is 20.9. The van der Waals surface area contributed by atoms with Gasteiger partial charge in [0.15, 0.2) is 11.3 Å². The van der Waals surface area contributed by atoms with Gasteiger partial charge in [-0.05, 0) is 110 Å². The van der Waals surface area contributed by atoms with Crippen molar-refractivity contribution in [1.82, 2.24) is 39.2 Å². The van der Waals surface area contributed by atoms with Gasteiger partial charge in [0.1, 0.15) is 43.7 Å². The van der Waals surface area contributed by atoms with Crippen molar-refractivity contribution >= 4 is 79.4 Å². The van der Waals surface area contributed by atoms with Crippen LogP contribution in [0, 0.1) is 23.7 Å². The van der Waals surface area contributed by atoms with Gasteiger partial charge in [0.25, 0.3) is 0 Å². The van der Waals surface area contributed by atoms with Crippen molar-refractivity contribution in [1.29, 1.82) is 0 Å². The molecule has 8 aromatic rings. The predicted molar refractivity (Wildman–Crippen MR) is 406 cm³/mol. The Labute approximate surface area is 595 Å². The molecule has 0 radical (unpaired) electrons. The van der Waals surface area contributed by atoms with Crippen molar-refractivity contribution in [3.63, 3.8) is 0 Å². The van der Waals surface area contributed by atoms with Gasteiger partial charge >= 0.3 is 7.12 Å². The van der Waals surface area contributed by atoms with Gasteiger partial charge in [0.2, 0.25) is 0 Å². The molecule has 4 aliphatic rings. The van der Waals surface area contributed by atoms with Crippen molar-refractivity contribution in [2.75, 3.05) is 63.2 Å². The van der Waals surface area contributed by atoms with Gasteiger partial charge in [-0.3, -0.25) is 4.98 Å². The van der Waals surface area contributed by atoms with Crippen molar-refractivity contribution < 1.29 is 42.7 Å². The van der Waals surface area contributed by atoms with Crippen LogP contribution in [-0.2, 0) is 18.9 Å². The number of ether oxygens (including phenoxy) is 4. The summed E-state index contributed by atoms with van der Waals surface area (Å²) in [5.41, 5.74) is 7.26. The van der Waals surface area contributed by atoms with Crippen LogP contribution >= 0.6 is 11.6 Å². The fourth-order valence-electron chi connectivity index (χ4n) is 13.3. The fourth-order valence-corrected chi connectivity index (χ4v) is 16.4. The molecule has 0 aliphatic heterocycles. The highest BCUT2D eigenvalue weighted by molar-refractivity contribution is 6.77. The van der Waals surface area contributed by atoms with Gasteiger partial charge in [0.05, 0.1) is 31.8 Å². The summed E-state index contributed by atoms with van der Waals surface area (Å²) in [5.74, 6) is 5.88. The third kappa shape index (κ3) is 21.3. The maximum atomic E-state index is 8.81. The molecule has 4 unspecified atom stereocenters. The molecule has 4 saturated carbocycles. The predicted octanol–water partition coefficient (Wildman–Crippen LogP) is 16.7. The number of fused-ring (bicyclic) bond motifs is 6. The van der Waals surface area contributed by atoms with Crippen molar-refractivity contribution in [2.24, 2.45) is 23.7 Å². The van der Waals surface area contributed by atoms with E-state index in [1.54, 1.807) is 12.3 Å². The Balaban J connectivity index is 0.000000195. The summed E-state index contributed by atoms with van der Waals surface area (Å²) in [6, 6.07) is 11.7. The molecule has 4 fully saturated rings. The Morgan fingerprint density at radius 1 is 0.490 bits per heavy atom. The topological polar surface area (TPSA) is 170 Å². The molecule has 2 aromatic carbocycles. The number of hydrogen-bond acceptors (Lipinski definition) is 14. The molecular weight excluding hydrogens is 1280 g/mol. The highest BCUT2D eigenvalue weighted by Crippen LogP contribution is 2.50. The molecule has 96 heavy (non-hydrogen) atoms. The van der Waals surface area contributed by atoms with Crippen LogP contribution in [0.3, 0.4) is 0 Å². The molecule has 16 nitrogen and oxygen atoms in total. The maximum Gasteiger partial charge on any atom is 0.488 e. The Morgan fingerprint density at radius 2 is 0.865 bits per heavy atom. The van der Waals surface area contributed by atoms with Crippen LogP contribution in [0.1, 0.15) is 101 Å². The summed E-state index contributed by atoms with van der Waals surface area (Å²) in [6.07, 6.45) is 20.0. The van der Waals surface area contributed by atoms with Crippen molar-refractivity contribution in [3.8, 4) is 33.5 Å². The molecule has 2 N–H and O–H groups in total. The third-order valence-corrected chi connectivity index (χ3v) is 25.9. The molecule has 6 aromatic heterocycles. The van der Waals surface area contributed by atoms with E-state index in [2.05, 4.69) is 110 Å². The smallest absolute Gasteiger partial charge is 0.423 e. The molecular formula is C74H108BClN10O6Si4. The first-order valence-corrected chi connectivity index (χ1v) is 49.8. The van der Waals surface area contributed by atoms with E-state index in [0.717, 1.165) is 125 Å². The summed E-state index contributed by atoms with van der Waals surface area (Å²) < 4.78 is 106. The highest BCUT2D eigenvalue weighted by atomic mass is 35.5. The second kappa shape index (κ2) is 33.2. The van der Waals surface area contributed by atoms with E-state index in [-0.39, 0.29) is 29.7 Å². The molecule has 4 aliphatic carbocycles. The molecule has 4 bridgehead atoms. The second-order valence-electron chi connectivity index (χ2n) is 31.8. The number of anilines is 2. The molecule has 0 saturated heterocycles. The number of pyridine rings is 2. The second-order valence-corrected chi connectivity index (χ2v) is 54.7. The zero-order chi connectivity index (χ0) is 76.9. The van der Waals surface area contributed by atoms with E-state index < -0.39 is 81.1 Å². The number of benzene rings is 2.